The maximum absolute atomic E-state index is 14.6. The molecule has 2 aromatic carbocycles. The molecule has 4 rings (SSSR count). The van der Waals surface area contributed by atoms with Crippen LogP contribution in [0.1, 0.15) is 36.3 Å². The van der Waals surface area contributed by atoms with Crippen LogP contribution in [0.15, 0.2) is 30.3 Å². The Morgan fingerprint density at radius 2 is 1.93 bits per heavy atom. The molecule has 1 atom stereocenters. The molecule has 0 fully saturated rings. The van der Waals surface area contributed by atoms with E-state index >= 15 is 0 Å². The van der Waals surface area contributed by atoms with Crippen LogP contribution >= 0.6 is 0 Å². The standard InChI is InChI=1S/C21H21F3N4O/c1-11(13-5-4-6-14(19(13)22)20(23)24)25-21-15-9-17-18(29-8-7-28(17)3)10-16(15)26-12(2)27-21/h4-6,9-11,20H,7-8H2,1-3H3,(H,25,26,27). The maximum atomic E-state index is 14.6. The van der Waals surface area contributed by atoms with Gasteiger partial charge in [-0.3, -0.25) is 0 Å². The molecule has 29 heavy (non-hydrogen) atoms. The number of halogens is 3. The number of likely N-dealkylation sites (N-methyl/N-ethyl adjacent to an activating group) is 1. The highest BCUT2D eigenvalue weighted by atomic mass is 19.3. The number of benzene rings is 2. The molecule has 0 spiro atoms. The van der Waals surface area contributed by atoms with Gasteiger partial charge in [-0.05, 0) is 19.9 Å². The minimum Gasteiger partial charge on any atom is -0.489 e. The van der Waals surface area contributed by atoms with Crippen LogP contribution in [0.25, 0.3) is 10.9 Å². The Balaban J connectivity index is 1.76. The van der Waals surface area contributed by atoms with Crippen molar-refractivity contribution in [1.82, 2.24) is 9.97 Å². The van der Waals surface area contributed by atoms with Crippen LogP contribution in [-0.2, 0) is 0 Å². The molecule has 1 aliphatic rings. The number of aromatic nitrogens is 2. The van der Waals surface area contributed by atoms with Crippen LogP contribution in [-0.4, -0.2) is 30.2 Å². The Hall–Kier alpha value is -3.03. The fraction of sp³-hybridized carbons (Fsp3) is 0.333. The molecule has 1 aromatic heterocycles. The third-order valence-corrected chi connectivity index (χ3v) is 5.10. The van der Waals surface area contributed by atoms with Crippen LogP contribution in [0, 0.1) is 12.7 Å². The molecule has 0 aliphatic carbocycles. The second kappa shape index (κ2) is 7.42. The molecule has 5 nitrogen and oxygen atoms in total. The van der Waals surface area contributed by atoms with Crippen molar-refractivity contribution < 1.29 is 17.9 Å². The molecular weight excluding hydrogens is 381 g/mol. The molecule has 0 bridgehead atoms. The van der Waals surface area contributed by atoms with Crippen molar-refractivity contribution in [3.8, 4) is 5.75 Å². The van der Waals surface area contributed by atoms with Gasteiger partial charge in [-0.15, -0.1) is 0 Å². The predicted octanol–water partition coefficient (Wildman–Crippen LogP) is 5.02. The van der Waals surface area contributed by atoms with Crippen LogP contribution in [0.5, 0.6) is 5.75 Å². The zero-order valence-corrected chi connectivity index (χ0v) is 16.3. The minimum atomic E-state index is -2.87. The van der Waals surface area contributed by atoms with Crippen molar-refractivity contribution >= 4 is 22.4 Å². The average molecular weight is 402 g/mol. The third kappa shape index (κ3) is 3.54. The summed E-state index contributed by atoms with van der Waals surface area (Å²) in [6.45, 7) is 4.83. The van der Waals surface area contributed by atoms with E-state index in [4.69, 9.17) is 4.74 Å². The van der Waals surface area contributed by atoms with Gasteiger partial charge >= 0.3 is 0 Å². The SMILES string of the molecule is Cc1nc(NC(C)c2cccc(C(F)F)c2F)c2cc3c(cc2n1)OCCN3C. The number of anilines is 2. The van der Waals surface area contributed by atoms with Crippen molar-refractivity contribution in [2.45, 2.75) is 26.3 Å². The number of alkyl halides is 2. The normalized spacial score (nSPS) is 14.7. The topological polar surface area (TPSA) is 50.3 Å². The van der Waals surface area contributed by atoms with Gasteiger partial charge in [0.1, 0.15) is 29.8 Å². The second-order valence-electron chi connectivity index (χ2n) is 7.14. The highest BCUT2D eigenvalue weighted by molar-refractivity contribution is 5.94. The van der Waals surface area contributed by atoms with E-state index in [-0.39, 0.29) is 5.56 Å². The van der Waals surface area contributed by atoms with Crippen molar-refractivity contribution in [2.75, 3.05) is 30.4 Å². The molecule has 2 heterocycles. The molecule has 0 amide bonds. The van der Waals surface area contributed by atoms with Gasteiger partial charge in [0, 0.05) is 24.1 Å². The molecule has 3 aromatic rings. The molecule has 0 saturated carbocycles. The quantitative estimate of drug-likeness (QED) is 0.664. The Kier molecular flexibility index (Phi) is 4.94. The summed E-state index contributed by atoms with van der Waals surface area (Å²) in [6.07, 6.45) is -2.87. The first kappa shape index (κ1) is 19.3. The first-order valence-electron chi connectivity index (χ1n) is 9.34. The second-order valence-corrected chi connectivity index (χ2v) is 7.14. The van der Waals surface area contributed by atoms with E-state index in [2.05, 4.69) is 20.2 Å². The molecule has 0 saturated heterocycles. The van der Waals surface area contributed by atoms with Crippen molar-refractivity contribution in [1.29, 1.82) is 0 Å². The van der Waals surface area contributed by atoms with E-state index in [0.29, 0.717) is 23.8 Å². The van der Waals surface area contributed by atoms with E-state index in [0.717, 1.165) is 29.4 Å². The zero-order valence-electron chi connectivity index (χ0n) is 16.3. The van der Waals surface area contributed by atoms with Gasteiger partial charge in [0.25, 0.3) is 6.43 Å². The van der Waals surface area contributed by atoms with Gasteiger partial charge < -0.3 is 15.0 Å². The van der Waals surface area contributed by atoms with Gasteiger partial charge in [-0.1, -0.05) is 18.2 Å². The molecule has 1 unspecified atom stereocenters. The van der Waals surface area contributed by atoms with Crippen LogP contribution in [0.2, 0.25) is 0 Å². The zero-order chi connectivity index (χ0) is 20.7. The first-order chi connectivity index (χ1) is 13.8. The number of aryl methyl sites for hydroxylation is 1. The number of rotatable bonds is 4. The van der Waals surface area contributed by atoms with Gasteiger partial charge in [-0.25, -0.2) is 23.1 Å². The maximum Gasteiger partial charge on any atom is 0.266 e. The molecule has 0 radical (unpaired) electrons. The largest absolute Gasteiger partial charge is 0.489 e. The third-order valence-electron chi connectivity index (χ3n) is 5.10. The molecule has 1 N–H and O–H groups in total. The predicted molar refractivity (Wildman–Crippen MR) is 106 cm³/mol. The Morgan fingerprint density at radius 1 is 1.17 bits per heavy atom. The Morgan fingerprint density at radius 3 is 2.69 bits per heavy atom. The van der Waals surface area contributed by atoms with E-state index in [1.54, 1.807) is 13.8 Å². The molecular formula is C21H21F3N4O. The number of nitrogens with one attached hydrogen (secondary N) is 1. The molecule has 152 valence electrons. The van der Waals surface area contributed by atoms with E-state index in [1.165, 1.54) is 12.1 Å². The van der Waals surface area contributed by atoms with Crippen LogP contribution in [0.3, 0.4) is 0 Å². The smallest absolute Gasteiger partial charge is 0.266 e. The molecule has 8 heteroatoms. The van der Waals surface area contributed by atoms with Crippen LogP contribution < -0.4 is 15.0 Å². The summed E-state index contributed by atoms with van der Waals surface area (Å²) in [4.78, 5) is 11.0. The number of hydrogen-bond donors (Lipinski definition) is 1. The van der Waals surface area contributed by atoms with Crippen LogP contribution in [0.4, 0.5) is 24.7 Å². The van der Waals surface area contributed by atoms with Crippen molar-refractivity contribution in [2.24, 2.45) is 0 Å². The van der Waals surface area contributed by atoms with Crippen molar-refractivity contribution in [3.05, 3.63) is 53.1 Å². The monoisotopic (exact) mass is 402 g/mol. The fourth-order valence-corrected chi connectivity index (χ4v) is 3.55. The number of nitrogens with zero attached hydrogens (tertiary/aromatic N) is 3. The van der Waals surface area contributed by atoms with E-state index in [1.807, 2.05) is 19.2 Å². The van der Waals surface area contributed by atoms with Gasteiger partial charge in [0.15, 0.2) is 0 Å². The summed E-state index contributed by atoms with van der Waals surface area (Å²) in [6, 6.07) is 7.26. The summed E-state index contributed by atoms with van der Waals surface area (Å²) in [7, 11) is 1.98. The lowest BCUT2D eigenvalue weighted by Gasteiger charge is -2.28. The number of fused-ring (bicyclic) bond motifs is 2. The summed E-state index contributed by atoms with van der Waals surface area (Å²) >= 11 is 0. The summed E-state index contributed by atoms with van der Waals surface area (Å²) in [5, 5.41) is 3.93. The van der Waals surface area contributed by atoms with Crippen molar-refractivity contribution in [3.63, 3.8) is 0 Å². The summed E-state index contributed by atoms with van der Waals surface area (Å²) < 4.78 is 46.4. The minimum absolute atomic E-state index is 0.158. The van der Waals surface area contributed by atoms with E-state index < -0.39 is 23.8 Å². The first-order valence-corrected chi connectivity index (χ1v) is 9.34. The number of hydrogen-bond acceptors (Lipinski definition) is 5. The average Bonchev–Trinajstić information content (AvgIpc) is 2.67. The van der Waals surface area contributed by atoms with E-state index in [9.17, 15) is 13.2 Å². The highest BCUT2D eigenvalue weighted by Gasteiger charge is 2.22. The lowest BCUT2D eigenvalue weighted by atomic mass is 10.0. The summed E-state index contributed by atoms with van der Waals surface area (Å²) in [5.74, 6) is 0.906. The number of ether oxygens (including phenoxy) is 1. The fourth-order valence-electron chi connectivity index (χ4n) is 3.55. The molecule has 1 aliphatic heterocycles. The lowest BCUT2D eigenvalue weighted by Crippen LogP contribution is -2.28. The lowest BCUT2D eigenvalue weighted by molar-refractivity contribution is 0.146. The Bertz CT molecular complexity index is 1070. The van der Waals surface area contributed by atoms with Gasteiger partial charge in [0.05, 0.1) is 29.4 Å². The Labute approximate surface area is 166 Å². The highest BCUT2D eigenvalue weighted by Crippen LogP contribution is 2.37. The van der Waals surface area contributed by atoms with Gasteiger partial charge in [-0.2, -0.15) is 0 Å². The van der Waals surface area contributed by atoms with Gasteiger partial charge in [0.2, 0.25) is 0 Å². The summed E-state index contributed by atoms with van der Waals surface area (Å²) in [5.41, 5.74) is 1.17.